The fraction of sp³-hybridized carbons (Fsp3) is 0.571. The highest BCUT2D eigenvalue weighted by atomic mass is 16.5. The number of aryl methyl sites for hydroxylation is 1. The summed E-state index contributed by atoms with van der Waals surface area (Å²) in [5, 5.41) is 3.57. The molecule has 0 spiro atoms. The van der Waals surface area contributed by atoms with Crippen molar-refractivity contribution in [3.8, 4) is 5.75 Å². The monoisotopic (exact) mass is 219 g/mol. The van der Waals surface area contributed by atoms with Gasteiger partial charge in [-0.25, -0.2) is 0 Å². The Kier molecular flexibility index (Phi) is 3.49. The minimum atomic E-state index is 0.469. The first kappa shape index (κ1) is 11.5. The minimum absolute atomic E-state index is 0.469. The number of nitrogens with one attached hydrogen (secondary N) is 1. The van der Waals surface area contributed by atoms with E-state index >= 15 is 0 Å². The Balaban J connectivity index is 2.29. The van der Waals surface area contributed by atoms with Gasteiger partial charge in [0.1, 0.15) is 5.75 Å². The molecule has 2 atom stereocenters. The largest absolute Gasteiger partial charge is 0.496 e. The van der Waals surface area contributed by atoms with E-state index in [1.165, 1.54) is 17.5 Å². The summed E-state index contributed by atoms with van der Waals surface area (Å²) < 4.78 is 5.45. The summed E-state index contributed by atoms with van der Waals surface area (Å²) >= 11 is 0. The Morgan fingerprint density at radius 3 is 2.81 bits per heavy atom. The molecule has 0 unspecified atom stereocenters. The van der Waals surface area contributed by atoms with Gasteiger partial charge < -0.3 is 10.1 Å². The lowest BCUT2D eigenvalue weighted by molar-refractivity contribution is 0.402. The molecular weight excluding hydrogens is 198 g/mol. The Morgan fingerprint density at radius 2 is 2.25 bits per heavy atom. The number of ether oxygens (including phenoxy) is 1. The van der Waals surface area contributed by atoms with Crippen molar-refractivity contribution in [3.05, 3.63) is 29.3 Å². The van der Waals surface area contributed by atoms with E-state index in [1.54, 1.807) is 7.11 Å². The van der Waals surface area contributed by atoms with Gasteiger partial charge in [0.25, 0.3) is 0 Å². The molecule has 2 rings (SSSR count). The second-order valence-corrected chi connectivity index (χ2v) is 4.73. The van der Waals surface area contributed by atoms with Crippen LogP contribution in [0.1, 0.15) is 37.4 Å². The predicted octanol–water partition coefficient (Wildman–Crippen LogP) is 2.93. The average Bonchev–Trinajstić information content (AvgIpc) is 2.75. The summed E-state index contributed by atoms with van der Waals surface area (Å²) in [6.45, 7) is 5.60. The molecule has 1 saturated heterocycles. The molecule has 2 nitrogen and oxygen atoms in total. The quantitative estimate of drug-likeness (QED) is 0.844. The van der Waals surface area contributed by atoms with Crippen LogP contribution in [-0.4, -0.2) is 13.7 Å². The highest BCUT2D eigenvalue weighted by Gasteiger charge is 2.24. The molecule has 1 aromatic carbocycles. The first-order valence-electron chi connectivity index (χ1n) is 6.14. The molecule has 0 aromatic heterocycles. The maximum absolute atomic E-state index is 5.45. The van der Waals surface area contributed by atoms with Gasteiger partial charge in [-0.3, -0.25) is 0 Å². The van der Waals surface area contributed by atoms with Gasteiger partial charge in [0.2, 0.25) is 0 Å². The van der Waals surface area contributed by atoms with Crippen LogP contribution in [0.3, 0.4) is 0 Å². The van der Waals surface area contributed by atoms with E-state index in [4.69, 9.17) is 4.74 Å². The lowest BCUT2D eigenvalue weighted by Gasteiger charge is -2.16. The number of hydrogen-bond donors (Lipinski definition) is 1. The fourth-order valence-electron chi connectivity index (χ4n) is 2.43. The first-order chi connectivity index (χ1) is 7.74. The normalized spacial score (nSPS) is 24.7. The van der Waals surface area contributed by atoms with Crippen molar-refractivity contribution in [1.82, 2.24) is 5.32 Å². The molecule has 0 aliphatic carbocycles. The molecule has 16 heavy (non-hydrogen) atoms. The zero-order valence-corrected chi connectivity index (χ0v) is 10.4. The lowest BCUT2D eigenvalue weighted by atomic mass is 9.98. The van der Waals surface area contributed by atoms with Crippen LogP contribution in [-0.2, 0) is 6.42 Å². The topological polar surface area (TPSA) is 21.3 Å². The molecule has 1 fully saturated rings. The molecule has 0 radical (unpaired) electrons. The Labute approximate surface area is 98.0 Å². The van der Waals surface area contributed by atoms with E-state index in [-0.39, 0.29) is 0 Å². The van der Waals surface area contributed by atoms with Crippen molar-refractivity contribution in [2.24, 2.45) is 5.92 Å². The maximum atomic E-state index is 5.45. The third kappa shape index (κ3) is 2.22. The molecule has 1 N–H and O–H groups in total. The van der Waals surface area contributed by atoms with Crippen LogP contribution in [0.4, 0.5) is 0 Å². The van der Waals surface area contributed by atoms with E-state index in [2.05, 4.69) is 37.4 Å². The van der Waals surface area contributed by atoms with Crippen molar-refractivity contribution >= 4 is 0 Å². The van der Waals surface area contributed by atoms with Gasteiger partial charge in [0, 0.05) is 11.6 Å². The van der Waals surface area contributed by atoms with Gasteiger partial charge in [-0.2, -0.15) is 0 Å². The standard InChI is InChI=1S/C14H21NO/c1-4-11-5-6-14(16-3)12(8-11)13-7-10(2)9-15-13/h5-6,8,10,13,15H,4,7,9H2,1-3H3/t10-,13+/m1/s1. The highest BCUT2D eigenvalue weighted by molar-refractivity contribution is 5.40. The van der Waals surface area contributed by atoms with Crippen molar-refractivity contribution in [1.29, 1.82) is 0 Å². The molecule has 1 aromatic rings. The van der Waals surface area contributed by atoms with Crippen LogP contribution in [0, 0.1) is 5.92 Å². The maximum Gasteiger partial charge on any atom is 0.123 e. The lowest BCUT2D eigenvalue weighted by Crippen LogP contribution is -2.14. The van der Waals surface area contributed by atoms with Gasteiger partial charge in [-0.1, -0.05) is 26.0 Å². The summed E-state index contributed by atoms with van der Waals surface area (Å²) in [7, 11) is 1.75. The van der Waals surface area contributed by atoms with Gasteiger partial charge in [-0.05, 0) is 36.9 Å². The first-order valence-corrected chi connectivity index (χ1v) is 6.14. The summed E-state index contributed by atoms with van der Waals surface area (Å²) in [6.07, 6.45) is 2.29. The summed E-state index contributed by atoms with van der Waals surface area (Å²) in [5.74, 6) is 1.78. The molecule has 1 aliphatic heterocycles. The van der Waals surface area contributed by atoms with E-state index in [1.807, 2.05) is 0 Å². The van der Waals surface area contributed by atoms with Gasteiger partial charge in [-0.15, -0.1) is 0 Å². The minimum Gasteiger partial charge on any atom is -0.496 e. The predicted molar refractivity (Wildman–Crippen MR) is 66.9 cm³/mol. The van der Waals surface area contributed by atoms with Gasteiger partial charge in [0.05, 0.1) is 7.11 Å². The Hall–Kier alpha value is -1.02. The highest BCUT2D eigenvalue weighted by Crippen LogP contribution is 2.33. The average molecular weight is 219 g/mol. The molecule has 2 heteroatoms. The number of methoxy groups -OCH3 is 1. The summed E-state index contributed by atoms with van der Waals surface area (Å²) in [5.41, 5.74) is 2.71. The van der Waals surface area contributed by atoms with E-state index in [0.29, 0.717) is 6.04 Å². The molecule has 0 bridgehead atoms. The van der Waals surface area contributed by atoms with Gasteiger partial charge >= 0.3 is 0 Å². The van der Waals surface area contributed by atoms with Gasteiger partial charge in [0.15, 0.2) is 0 Å². The fourth-order valence-corrected chi connectivity index (χ4v) is 2.43. The van der Waals surface area contributed by atoms with Crippen molar-refractivity contribution < 1.29 is 4.74 Å². The van der Waals surface area contributed by atoms with Crippen LogP contribution in [0.15, 0.2) is 18.2 Å². The molecule has 88 valence electrons. The third-order valence-electron chi connectivity index (χ3n) is 3.43. The number of hydrogen-bond acceptors (Lipinski definition) is 2. The molecular formula is C14H21NO. The summed E-state index contributed by atoms with van der Waals surface area (Å²) in [4.78, 5) is 0. The van der Waals surface area contributed by atoms with Crippen LogP contribution in [0.5, 0.6) is 5.75 Å². The number of benzene rings is 1. The van der Waals surface area contributed by atoms with Crippen LogP contribution >= 0.6 is 0 Å². The van der Waals surface area contributed by atoms with E-state index in [0.717, 1.165) is 24.6 Å². The smallest absolute Gasteiger partial charge is 0.123 e. The molecule has 0 amide bonds. The second kappa shape index (κ2) is 4.88. The zero-order chi connectivity index (χ0) is 11.5. The van der Waals surface area contributed by atoms with E-state index in [9.17, 15) is 0 Å². The molecule has 0 saturated carbocycles. The Morgan fingerprint density at radius 1 is 1.44 bits per heavy atom. The summed E-state index contributed by atoms with van der Waals surface area (Å²) in [6, 6.07) is 7.00. The van der Waals surface area contributed by atoms with Crippen molar-refractivity contribution in [3.63, 3.8) is 0 Å². The van der Waals surface area contributed by atoms with Crippen LogP contribution in [0.25, 0.3) is 0 Å². The number of rotatable bonds is 3. The van der Waals surface area contributed by atoms with Crippen LogP contribution in [0.2, 0.25) is 0 Å². The van der Waals surface area contributed by atoms with Crippen molar-refractivity contribution in [2.45, 2.75) is 32.7 Å². The van der Waals surface area contributed by atoms with E-state index < -0.39 is 0 Å². The SMILES string of the molecule is CCc1ccc(OC)c([C@@H]2C[C@@H](C)CN2)c1. The third-order valence-corrected chi connectivity index (χ3v) is 3.43. The zero-order valence-electron chi connectivity index (χ0n) is 10.4. The Bertz CT molecular complexity index is 362. The second-order valence-electron chi connectivity index (χ2n) is 4.73. The molecule has 1 aliphatic rings. The van der Waals surface area contributed by atoms with Crippen LogP contribution < -0.4 is 10.1 Å². The molecule has 1 heterocycles. The van der Waals surface area contributed by atoms with Crippen molar-refractivity contribution in [2.75, 3.05) is 13.7 Å².